The molecule has 3 nitrogen and oxygen atoms in total. The first-order valence-corrected chi connectivity index (χ1v) is 7.32. The van der Waals surface area contributed by atoms with Crippen LogP contribution in [0.4, 0.5) is 5.69 Å². The largest absolute Gasteiger partial charge is 0.326 e. The Morgan fingerprint density at radius 3 is 2.68 bits per heavy atom. The Balaban J connectivity index is 2.06. The van der Waals surface area contributed by atoms with Gasteiger partial charge < -0.3 is 10.2 Å². The topological polar surface area (TPSA) is 32.3 Å². The Bertz CT molecular complexity index is 470. The second-order valence-corrected chi connectivity index (χ2v) is 5.19. The summed E-state index contributed by atoms with van der Waals surface area (Å²) < 4.78 is 7.74. The molecule has 0 bridgehead atoms. The number of anilines is 1. The molecular weight excluding hydrogens is 236 g/mol. The van der Waals surface area contributed by atoms with Crippen LogP contribution in [0.3, 0.4) is 0 Å². The minimum absolute atomic E-state index is 0.119. The first kappa shape index (κ1) is 12.7. The van der Waals surface area contributed by atoms with Gasteiger partial charge in [0.1, 0.15) is 0 Å². The molecule has 0 aromatic heterocycles. The monoisotopic (exact) mass is 261 g/mol. The van der Waals surface area contributed by atoms with Crippen molar-refractivity contribution in [1.29, 1.82) is 0 Å². The van der Waals surface area contributed by atoms with Crippen molar-refractivity contribution < 1.29 is 6.21 Å². The summed E-state index contributed by atoms with van der Waals surface area (Å²) in [6, 6.07) is 5.92. The lowest BCUT2D eigenvalue weighted by atomic mass is 10.0. The van der Waals surface area contributed by atoms with Gasteiger partial charge in [0.05, 0.1) is 6.42 Å². The molecule has 2 rings (SSSR count). The van der Waals surface area contributed by atoms with Crippen LogP contribution in [-0.4, -0.2) is 30.4 Å². The predicted molar refractivity (Wildman–Crippen MR) is 79.5 cm³/mol. The number of carbonyl (C=O) groups excluding carboxylic acids is 1. The van der Waals surface area contributed by atoms with Crippen LogP contribution >= 0.6 is 0 Å². The first-order valence-electron chi connectivity index (χ1n) is 7.77. The minimum Gasteiger partial charge on any atom is -0.326 e. The molecule has 1 N–H and O–H groups in total. The lowest BCUT2D eigenvalue weighted by molar-refractivity contribution is -0.115. The van der Waals surface area contributed by atoms with Crippen molar-refractivity contribution in [2.75, 3.05) is 24.9 Å². The molecule has 1 aromatic carbocycles. The maximum Gasteiger partial charge on any atom is 0.228 e. The van der Waals surface area contributed by atoms with E-state index in [-0.39, 0.29) is 5.91 Å². The van der Waals surface area contributed by atoms with Gasteiger partial charge >= 0.3 is 0 Å². The number of nitrogens with zero attached hydrogens (tertiary/aromatic N) is 1. The number of benzene rings is 1. The fourth-order valence-corrected chi connectivity index (χ4v) is 2.74. The molecule has 104 valence electrons. The highest BCUT2D eigenvalue weighted by molar-refractivity contribution is 5.99. The van der Waals surface area contributed by atoms with Crippen LogP contribution in [0.1, 0.15) is 37.8 Å². The van der Waals surface area contributed by atoms with Crippen molar-refractivity contribution >= 4 is 11.6 Å². The van der Waals surface area contributed by atoms with Crippen molar-refractivity contribution in [3.63, 3.8) is 0 Å². The van der Waals surface area contributed by atoms with Crippen molar-refractivity contribution in [2.45, 2.75) is 39.5 Å². The summed E-state index contributed by atoms with van der Waals surface area (Å²) in [6.45, 7) is 7.71. The van der Waals surface area contributed by atoms with Crippen LogP contribution in [0.25, 0.3) is 0 Å². The van der Waals surface area contributed by atoms with E-state index in [4.69, 9.17) is 1.41 Å². The van der Waals surface area contributed by atoms with Crippen molar-refractivity contribution in [2.24, 2.45) is 0 Å². The van der Waals surface area contributed by atoms with Gasteiger partial charge in [-0.1, -0.05) is 26.0 Å². The highest BCUT2D eigenvalue weighted by Gasteiger charge is 2.20. The summed E-state index contributed by atoms with van der Waals surface area (Å²) in [5, 5.41) is 1.04. The third-order valence-electron chi connectivity index (χ3n) is 3.60. The molecule has 1 heterocycles. The Morgan fingerprint density at radius 2 is 2.00 bits per heavy atom. The van der Waals surface area contributed by atoms with Crippen LogP contribution in [0.15, 0.2) is 18.2 Å². The van der Waals surface area contributed by atoms with Gasteiger partial charge in [0.15, 0.2) is 1.41 Å². The summed E-state index contributed by atoms with van der Waals surface area (Å²) in [6.07, 6.45) is 3.69. The molecule has 1 aliphatic rings. The Hall–Kier alpha value is -1.35. The van der Waals surface area contributed by atoms with Crippen molar-refractivity contribution in [3.8, 4) is 0 Å². The van der Waals surface area contributed by atoms with Gasteiger partial charge in [-0.3, -0.25) is 4.79 Å². The Labute approximate surface area is 117 Å². The van der Waals surface area contributed by atoms with E-state index in [0.29, 0.717) is 6.42 Å². The van der Waals surface area contributed by atoms with Gasteiger partial charge in [0, 0.05) is 12.2 Å². The zero-order chi connectivity index (χ0) is 14.5. The van der Waals surface area contributed by atoms with E-state index in [0.717, 1.165) is 42.6 Å². The Kier molecular flexibility index (Phi) is 4.48. The van der Waals surface area contributed by atoms with Crippen LogP contribution in [-0.2, 0) is 17.6 Å². The summed E-state index contributed by atoms with van der Waals surface area (Å²) in [5.74, 6) is -0.119. The van der Waals surface area contributed by atoms with Gasteiger partial charge in [-0.2, -0.15) is 0 Å². The number of hydrogen-bond acceptors (Lipinski definition) is 2. The van der Waals surface area contributed by atoms with Crippen LogP contribution in [0.5, 0.6) is 0 Å². The summed E-state index contributed by atoms with van der Waals surface area (Å²) in [5.41, 5.74) is 3.05. The molecule has 3 heteroatoms. The maximum atomic E-state index is 11.7. The molecule has 19 heavy (non-hydrogen) atoms. The zero-order valence-electron chi connectivity index (χ0n) is 13.0. The standard InChI is InChI=1S/C16H24N2O/c1-3-9-18(10-4-2)11-8-13-6-5-7-15-14(13)12-16(19)17-15/h5-7H,3-4,8-12H2,1-2H3,(H,17,19)/i/hD. The quantitative estimate of drug-likeness (QED) is 0.818. The molecule has 0 radical (unpaired) electrons. The molecule has 0 fully saturated rings. The van der Waals surface area contributed by atoms with Gasteiger partial charge in [0.25, 0.3) is 0 Å². The number of carbonyl (C=O) groups is 1. The van der Waals surface area contributed by atoms with Gasteiger partial charge in [-0.05, 0) is 49.5 Å². The van der Waals surface area contributed by atoms with E-state index < -0.39 is 0 Å². The number of rotatable bonds is 7. The van der Waals surface area contributed by atoms with Crippen LogP contribution in [0.2, 0.25) is 1.41 Å². The molecule has 0 atom stereocenters. The maximum absolute atomic E-state index is 11.7. The molecule has 0 saturated heterocycles. The summed E-state index contributed by atoms with van der Waals surface area (Å²) >= 11 is 0. The normalized spacial score (nSPS) is 15.0. The Morgan fingerprint density at radius 1 is 1.26 bits per heavy atom. The molecule has 1 aromatic rings. The third kappa shape index (κ3) is 3.57. The van der Waals surface area contributed by atoms with Gasteiger partial charge in [-0.15, -0.1) is 0 Å². The van der Waals surface area contributed by atoms with Crippen LogP contribution < -0.4 is 5.31 Å². The summed E-state index contributed by atoms with van der Waals surface area (Å²) in [7, 11) is 0. The zero-order valence-corrected chi connectivity index (χ0v) is 12.0. The number of nitrogens with one attached hydrogen (secondary N) is 1. The van der Waals surface area contributed by atoms with Gasteiger partial charge in [0.2, 0.25) is 5.91 Å². The van der Waals surface area contributed by atoms with Crippen LogP contribution in [0, 0.1) is 0 Å². The molecule has 0 spiro atoms. The van der Waals surface area contributed by atoms with Gasteiger partial charge in [-0.25, -0.2) is 0 Å². The number of hydrogen-bond donors (Lipinski definition) is 1. The van der Waals surface area contributed by atoms with E-state index in [1.54, 1.807) is 0 Å². The van der Waals surface area contributed by atoms with E-state index in [1.165, 1.54) is 18.4 Å². The highest BCUT2D eigenvalue weighted by Crippen LogP contribution is 2.26. The second kappa shape index (κ2) is 6.71. The number of fused-ring (bicyclic) bond motifs is 1. The predicted octanol–water partition coefficient (Wildman–Crippen LogP) is 2.85. The molecule has 1 amide bonds. The van der Waals surface area contributed by atoms with E-state index in [2.05, 4.69) is 24.8 Å². The summed E-state index contributed by atoms with van der Waals surface area (Å²) in [4.78, 5) is 14.1. The highest BCUT2D eigenvalue weighted by atomic mass is 16.1. The SMILES string of the molecule is [2H]N1C(=O)Cc2c(CCN(CCC)CCC)cccc21. The first-order chi connectivity index (χ1) is 9.67. The van der Waals surface area contributed by atoms with E-state index in [9.17, 15) is 4.79 Å². The lowest BCUT2D eigenvalue weighted by Gasteiger charge is -2.21. The molecule has 1 aliphatic heterocycles. The van der Waals surface area contributed by atoms with Crippen molar-refractivity contribution in [1.82, 2.24) is 4.90 Å². The average Bonchev–Trinajstić information content (AvgIpc) is 2.73. The number of amides is 1. The average molecular weight is 261 g/mol. The smallest absolute Gasteiger partial charge is 0.228 e. The van der Waals surface area contributed by atoms with E-state index in [1.807, 2.05) is 12.1 Å². The molecule has 0 aliphatic carbocycles. The molecular formula is C16H24N2O. The fraction of sp³-hybridized carbons (Fsp3) is 0.562. The molecule has 0 unspecified atom stereocenters. The second-order valence-electron chi connectivity index (χ2n) is 5.19. The third-order valence-corrected chi connectivity index (χ3v) is 3.60. The lowest BCUT2D eigenvalue weighted by Crippen LogP contribution is -2.28. The minimum atomic E-state index is -0.119. The van der Waals surface area contributed by atoms with Crippen molar-refractivity contribution in [3.05, 3.63) is 29.3 Å². The molecule has 0 saturated carbocycles. The van der Waals surface area contributed by atoms with E-state index >= 15 is 0 Å². The fourth-order valence-electron chi connectivity index (χ4n) is 2.74.